The second kappa shape index (κ2) is 6.88. The number of nitrogens with zero attached hydrogens (tertiary/aromatic N) is 3. The van der Waals surface area contributed by atoms with Crippen LogP contribution in [0.4, 0.5) is 5.95 Å². The molecule has 1 saturated heterocycles. The monoisotopic (exact) mass is 279 g/mol. The lowest BCUT2D eigenvalue weighted by atomic mass is 9.87. The fraction of sp³-hybridized carbons (Fsp3) is 0.733. The van der Waals surface area contributed by atoms with Gasteiger partial charge in [0.05, 0.1) is 25.6 Å². The summed E-state index contributed by atoms with van der Waals surface area (Å²) in [4.78, 5) is 10.8. The second-order valence-corrected chi connectivity index (χ2v) is 5.94. The van der Waals surface area contributed by atoms with Crippen LogP contribution in [0.1, 0.15) is 33.1 Å². The molecule has 0 amide bonds. The van der Waals surface area contributed by atoms with Crippen molar-refractivity contribution in [2.75, 3.05) is 25.1 Å². The third-order valence-corrected chi connectivity index (χ3v) is 3.93. The predicted octanol–water partition coefficient (Wildman–Crippen LogP) is 2.11. The van der Waals surface area contributed by atoms with Crippen LogP contribution in [0.15, 0.2) is 12.4 Å². The van der Waals surface area contributed by atoms with Gasteiger partial charge in [-0.3, -0.25) is 0 Å². The SMILES string of the molecule is COc1cnc(N2CCC([C@@H](O)CC(C)C)CC2)nc1. The Kier molecular flexibility index (Phi) is 5.17. The number of piperidine rings is 1. The van der Waals surface area contributed by atoms with Gasteiger partial charge >= 0.3 is 0 Å². The van der Waals surface area contributed by atoms with Crippen LogP contribution in [0.25, 0.3) is 0 Å². The number of anilines is 1. The number of aliphatic hydroxyl groups excluding tert-OH is 1. The molecule has 1 aromatic heterocycles. The summed E-state index contributed by atoms with van der Waals surface area (Å²) in [6.07, 6.45) is 6.12. The molecule has 0 saturated carbocycles. The lowest BCUT2D eigenvalue weighted by Gasteiger charge is -2.34. The van der Waals surface area contributed by atoms with Crippen molar-refractivity contribution in [1.82, 2.24) is 9.97 Å². The molecule has 1 aliphatic heterocycles. The van der Waals surface area contributed by atoms with Gasteiger partial charge in [-0.25, -0.2) is 9.97 Å². The molecule has 20 heavy (non-hydrogen) atoms. The van der Waals surface area contributed by atoms with Crippen molar-refractivity contribution in [1.29, 1.82) is 0 Å². The highest BCUT2D eigenvalue weighted by molar-refractivity contribution is 5.31. The van der Waals surface area contributed by atoms with Crippen molar-refractivity contribution in [2.24, 2.45) is 11.8 Å². The Morgan fingerprint density at radius 1 is 1.30 bits per heavy atom. The van der Waals surface area contributed by atoms with Crippen LogP contribution in [-0.4, -0.2) is 41.4 Å². The van der Waals surface area contributed by atoms with E-state index in [2.05, 4.69) is 28.7 Å². The van der Waals surface area contributed by atoms with Gasteiger partial charge in [0.1, 0.15) is 0 Å². The Labute approximate surface area is 121 Å². The highest BCUT2D eigenvalue weighted by Crippen LogP contribution is 2.26. The molecular formula is C15H25N3O2. The normalized spacial score (nSPS) is 18.4. The average molecular weight is 279 g/mol. The van der Waals surface area contributed by atoms with Gasteiger partial charge in [-0.05, 0) is 31.1 Å². The predicted molar refractivity (Wildman–Crippen MR) is 79.0 cm³/mol. The highest BCUT2D eigenvalue weighted by Gasteiger charge is 2.26. The van der Waals surface area contributed by atoms with E-state index in [0.717, 1.165) is 38.3 Å². The van der Waals surface area contributed by atoms with Gasteiger partial charge in [0, 0.05) is 13.1 Å². The van der Waals surface area contributed by atoms with Crippen molar-refractivity contribution in [3.8, 4) is 5.75 Å². The molecule has 0 spiro atoms. The first-order valence-corrected chi connectivity index (χ1v) is 7.39. The van der Waals surface area contributed by atoms with Gasteiger partial charge in [0.25, 0.3) is 0 Å². The summed E-state index contributed by atoms with van der Waals surface area (Å²) < 4.78 is 5.07. The van der Waals surface area contributed by atoms with E-state index in [1.54, 1.807) is 19.5 Å². The molecule has 5 nitrogen and oxygen atoms in total. The summed E-state index contributed by atoms with van der Waals surface area (Å²) in [5.41, 5.74) is 0. The number of aromatic nitrogens is 2. The van der Waals surface area contributed by atoms with Crippen LogP contribution in [0, 0.1) is 11.8 Å². The van der Waals surface area contributed by atoms with Crippen LogP contribution >= 0.6 is 0 Å². The van der Waals surface area contributed by atoms with Crippen molar-refractivity contribution >= 4 is 5.95 Å². The first kappa shape index (κ1) is 15.0. The molecule has 112 valence electrons. The fourth-order valence-electron chi connectivity index (χ4n) is 2.74. The van der Waals surface area contributed by atoms with E-state index in [9.17, 15) is 5.11 Å². The van der Waals surface area contributed by atoms with Crippen LogP contribution in [0.5, 0.6) is 5.75 Å². The molecule has 0 radical (unpaired) electrons. The molecule has 0 aromatic carbocycles. The van der Waals surface area contributed by atoms with E-state index >= 15 is 0 Å². The third kappa shape index (κ3) is 3.82. The average Bonchev–Trinajstić information content (AvgIpc) is 2.47. The van der Waals surface area contributed by atoms with Crippen LogP contribution < -0.4 is 9.64 Å². The van der Waals surface area contributed by atoms with Crippen LogP contribution in [0.2, 0.25) is 0 Å². The number of ether oxygens (including phenoxy) is 1. The number of methoxy groups -OCH3 is 1. The maximum Gasteiger partial charge on any atom is 0.225 e. The second-order valence-electron chi connectivity index (χ2n) is 5.94. The first-order chi connectivity index (χ1) is 9.60. The summed E-state index contributed by atoms with van der Waals surface area (Å²) in [7, 11) is 1.61. The molecule has 1 N–H and O–H groups in total. The zero-order valence-electron chi connectivity index (χ0n) is 12.6. The molecule has 2 rings (SSSR count). The largest absolute Gasteiger partial charge is 0.494 e. The van der Waals surface area contributed by atoms with E-state index in [0.29, 0.717) is 17.6 Å². The number of rotatable bonds is 5. The van der Waals surface area contributed by atoms with Gasteiger partial charge < -0.3 is 14.7 Å². The van der Waals surface area contributed by atoms with Crippen molar-refractivity contribution in [3.05, 3.63) is 12.4 Å². The number of hydrogen-bond acceptors (Lipinski definition) is 5. The van der Waals surface area contributed by atoms with Gasteiger partial charge in [-0.2, -0.15) is 0 Å². The Morgan fingerprint density at radius 3 is 2.40 bits per heavy atom. The maximum atomic E-state index is 10.2. The Morgan fingerprint density at radius 2 is 1.90 bits per heavy atom. The topological polar surface area (TPSA) is 58.5 Å². The maximum absolute atomic E-state index is 10.2. The van der Waals surface area contributed by atoms with Gasteiger partial charge in [0.2, 0.25) is 5.95 Å². The molecule has 1 atom stereocenters. The number of aliphatic hydroxyl groups is 1. The Balaban J connectivity index is 1.87. The molecular weight excluding hydrogens is 254 g/mol. The zero-order valence-corrected chi connectivity index (χ0v) is 12.6. The molecule has 0 unspecified atom stereocenters. The minimum absolute atomic E-state index is 0.172. The van der Waals surface area contributed by atoms with Crippen molar-refractivity contribution in [2.45, 2.75) is 39.2 Å². The zero-order chi connectivity index (χ0) is 14.5. The Bertz CT molecular complexity index is 400. The molecule has 1 aliphatic rings. The third-order valence-electron chi connectivity index (χ3n) is 3.93. The molecule has 0 bridgehead atoms. The van der Waals surface area contributed by atoms with Crippen LogP contribution in [0.3, 0.4) is 0 Å². The first-order valence-electron chi connectivity index (χ1n) is 7.39. The van der Waals surface area contributed by atoms with E-state index in [4.69, 9.17) is 4.74 Å². The van der Waals surface area contributed by atoms with E-state index < -0.39 is 0 Å². The summed E-state index contributed by atoms with van der Waals surface area (Å²) in [6, 6.07) is 0. The summed E-state index contributed by atoms with van der Waals surface area (Å²) in [6.45, 7) is 6.13. The smallest absolute Gasteiger partial charge is 0.225 e. The lowest BCUT2D eigenvalue weighted by molar-refractivity contribution is 0.0733. The number of hydrogen-bond donors (Lipinski definition) is 1. The minimum atomic E-state index is -0.172. The lowest BCUT2D eigenvalue weighted by Crippen LogP contribution is -2.39. The van der Waals surface area contributed by atoms with Crippen LogP contribution in [-0.2, 0) is 0 Å². The van der Waals surface area contributed by atoms with Crippen molar-refractivity contribution in [3.63, 3.8) is 0 Å². The van der Waals surface area contributed by atoms with E-state index in [-0.39, 0.29) is 6.10 Å². The summed E-state index contributed by atoms with van der Waals surface area (Å²) in [5.74, 6) is 2.39. The minimum Gasteiger partial charge on any atom is -0.494 e. The van der Waals surface area contributed by atoms with Gasteiger partial charge in [0.15, 0.2) is 5.75 Å². The quantitative estimate of drug-likeness (QED) is 0.894. The molecule has 2 heterocycles. The standard InChI is InChI=1S/C15H25N3O2/c1-11(2)8-14(19)12-4-6-18(7-5-12)15-16-9-13(20-3)10-17-15/h9-12,14,19H,4-8H2,1-3H3/t14-/m0/s1. The summed E-state index contributed by atoms with van der Waals surface area (Å²) >= 11 is 0. The molecule has 1 aromatic rings. The van der Waals surface area contributed by atoms with E-state index in [1.165, 1.54) is 0 Å². The van der Waals surface area contributed by atoms with Gasteiger partial charge in [-0.15, -0.1) is 0 Å². The molecule has 0 aliphatic carbocycles. The highest BCUT2D eigenvalue weighted by atomic mass is 16.5. The van der Waals surface area contributed by atoms with Gasteiger partial charge in [-0.1, -0.05) is 13.8 Å². The molecule has 5 heteroatoms. The summed E-state index contributed by atoms with van der Waals surface area (Å²) in [5, 5.41) is 10.2. The fourth-order valence-corrected chi connectivity index (χ4v) is 2.74. The van der Waals surface area contributed by atoms with E-state index in [1.807, 2.05) is 0 Å². The van der Waals surface area contributed by atoms with Crippen molar-refractivity contribution < 1.29 is 9.84 Å². The Hall–Kier alpha value is -1.36. The molecule has 1 fully saturated rings.